The summed E-state index contributed by atoms with van der Waals surface area (Å²) in [6, 6.07) is 11.6. The summed E-state index contributed by atoms with van der Waals surface area (Å²) in [6.45, 7) is 3.81. The van der Waals surface area contributed by atoms with Gasteiger partial charge in [-0.05, 0) is 62.2 Å². The van der Waals surface area contributed by atoms with E-state index in [-0.39, 0.29) is 11.4 Å². The van der Waals surface area contributed by atoms with Crippen molar-refractivity contribution in [2.75, 3.05) is 19.7 Å². The maximum atomic E-state index is 12.9. The zero-order valence-corrected chi connectivity index (χ0v) is 20.0. The number of terminal acetylenes is 1. The number of amides is 1. The van der Waals surface area contributed by atoms with Gasteiger partial charge in [0.1, 0.15) is 5.75 Å². The fourth-order valence-corrected chi connectivity index (χ4v) is 6.39. The predicted molar refractivity (Wildman–Crippen MR) is 129 cm³/mol. The lowest BCUT2D eigenvalue weighted by Crippen LogP contribution is -2.35. The smallest absolute Gasteiger partial charge is 0.279 e. The van der Waals surface area contributed by atoms with E-state index in [2.05, 4.69) is 10.9 Å². The third kappa shape index (κ3) is 4.88. The average molecular weight is 484 g/mol. The molecule has 0 aliphatic carbocycles. The minimum absolute atomic E-state index is 0.189. The van der Waals surface area contributed by atoms with Crippen molar-refractivity contribution in [3.05, 3.63) is 52.8 Å². The zero-order valence-electron chi connectivity index (χ0n) is 18.4. The first kappa shape index (κ1) is 23.2. The molecule has 0 unspecified atom stereocenters. The third-order valence-corrected chi connectivity index (χ3v) is 8.42. The van der Waals surface area contributed by atoms with Crippen molar-refractivity contribution < 1.29 is 17.9 Å². The van der Waals surface area contributed by atoms with Crippen LogP contribution in [0.5, 0.6) is 5.75 Å². The number of nitrogens with zero attached hydrogens (tertiary/aromatic N) is 3. The number of thiazole rings is 1. The van der Waals surface area contributed by atoms with E-state index in [1.807, 2.05) is 29.7 Å². The number of rotatable bonds is 6. The lowest BCUT2D eigenvalue weighted by molar-refractivity contribution is 0.0998. The molecule has 172 valence electrons. The molecule has 1 aromatic heterocycles. The second-order valence-electron chi connectivity index (χ2n) is 7.64. The molecule has 3 aromatic rings. The van der Waals surface area contributed by atoms with Gasteiger partial charge in [0.05, 0.1) is 28.3 Å². The van der Waals surface area contributed by atoms with Crippen molar-refractivity contribution in [2.45, 2.75) is 37.6 Å². The van der Waals surface area contributed by atoms with Crippen LogP contribution in [0.15, 0.2) is 52.4 Å². The Bertz CT molecular complexity index is 1370. The van der Waals surface area contributed by atoms with Gasteiger partial charge in [0.2, 0.25) is 10.0 Å². The third-order valence-electron chi connectivity index (χ3n) is 5.47. The topological polar surface area (TPSA) is 81.0 Å². The van der Waals surface area contributed by atoms with Gasteiger partial charge < -0.3 is 9.30 Å². The highest BCUT2D eigenvalue weighted by Crippen LogP contribution is 2.24. The fourth-order valence-electron chi connectivity index (χ4n) is 3.81. The Hall–Kier alpha value is -2.93. The normalized spacial score (nSPS) is 15.5. The van der Waals surface area contributed by atoms with Crippen molar-refractivity contribution in [1.29, 1.82) is 0 Å². The average Bonchev–Trinajstić information content (AvgIpc) is 3.16. The van der Waals surface area contributed by atoms with Crippen LogP contribution in [-0.4, -0.2) is 42.9 Å². The molecule has 1 saturated heterocycles. The largest absolute Gasteiger partial charge is 0.494 e. The highest BCUT2D eigenvalue weighted by atomic mass is 32.2. The van der Waals surface area contributed by atoms with E-state index in [4.69, 9.17) is 11.2 Å². The number of hydrogen-bond acceptors (Lipinski definition) is 5. The molecule has 1 aliphatic rings. The summed E-state index contributed by atoms with van der Waals surface area (Å²) in [6.07, 6.45) is 8.32. The maximum Gasteiger partial charge on any atom is 0.279 e. The van der Waals surface area contributed by atoms with E-state index < -0.39 is 15.9 Å². The molecule has 1 fully saturated rings. The molecule has 0 bridgehead atoms. The molecular weight excluding hydrogens is 458 g/mol. The second kappa shape index (κ2) is 9.91. The van der Waals surface area contributed by atoms with E-state index in [0.717, 1.165) is 35.2 Å². The zero-order chi connectivity index (χ0) is 23.4. The lowest BCUT2D eigenvalue weighted by atomic mass is 10.2. The van der Waals surface area contributed by atoms with Crippen LogP contribution in [0, 0.1) is 12.3 Å². The number of piperidine rings is 1. The number of fused-ring (bicyclic) bond motifs is 1. The van der Waals surface area contributed by atoms with Crippen molar-refractivity contribution in [3.63, 3.8) is 0 Å². The number of sulfonamides is 1. The molecular formula is C24H25N3O4S2. The van der Waals surface area contributed by atoms with Crippen molar-refractivity contribution >= 4 is 37.5 Å². The Morgan fingerprint density at radius 2 is 1.88 bits per heavy atom. The van der Waals surface area contributed by atoms with Gasteiger partial charge in [0, 0.05) is 18.7 Å². The number of hydrogen-bond donors (Lipinski definition) is 0. The van der Waals surface area contributed by atoms with Crippen molar-refractivity contribution in [2.24, 2.45) is 4.99 Å². The lowest BCUT2D eigenvalue weighted by Gasteiger charge is -2.25. The highest BCUT2D eigenvalue weighted by Gasteiger charge is 2.26. The summed E-state index contributed by atoms with van der Waals surface area (Å²) in [5, 5.41) is 0. The summed E-state index contributed by atoms with van der Waals surface area (Å²) in [5.41, 5.74) is 1.18. The van der Waals surface area contributed by atoms with Crippen LogP contribution in [0.3, 0.4) is 0 Å². The molecule has 4 rings (SSSR count). The van der Waals surface area contributed by atoms with Crippen LogP contribution in [0.25, 0.3) is 10.2 Å². The van der Waals surface area contributed by atoms with Crippen LogP contribution >= 0.6 is 11.3 Å². The maximum absolute atomic E-state index is 12.9. The number of benzene rings is 2. The molecule has 1 amide bonds. The predicted octanol–water partition coefficient (Wildman–Crippen LogP) is 3.65. The van der Waals surface area contributed by atoms with E-state index in [1.165, 1.54) is 39.9 Å². The first-order chi connectivity index (χ1) is 15.9. The Morgan fingerprint density at radius 1 is 1.15 bits per heavy atom. The SMILES string of the molecule is C#CCn1c(=NC(=O)c2ccc(S(=O)(=O)N3CCCCC3)cc2)sc2cc(OCC)ccc21. The minimum atomic E-state index is -3.55. The number of aromatic nitrogens is 1. The molecule has 0 spiro atoms. The summed E-state index contributed by atoms with van der Waals surface area (Å²) in [7, 11) is -3.55. The molecule has 33 heavy (non-hydrogen) atoms. The van der Waals surface area contributed by atoms with Gasteiger partial charge in [0.15, 0.2) is 4.80 Å². The standard InChI is InChI=1S/C24H25N3O4S2/c1-3-14-27-21-13-10-19(31-4-2)17-22(21)32-24(27)25-23(28)18-8-11-20(12-9-18)33(29,30)26-15-6-5-7-16-26/h1,8-13,17H,4-7,14-16H2,2H3. The monoisotopic (exact) mass is 483 g/mol. The molecule has 0 radical (unpaired) electrons. The summed E-state index contributed by atoms with van der Waals surface area (Å²) in [5.74, 6) is 2.89. The van der Waals surface area contributed by atoms with Gasteiger partial charge in [-0.15, -0.1) is 6.42 Å². The van der Waals surface area contributed by atoms with E-state index >= 15 is 0 Å². The van der Waals surface area contributed by atoms with Gasteiger partial charge in [-0.3, -0.25) is 4.79 Å². The molecule has 0 atom stereocenters. The van der Waals surface area contributed by atoms with Crippen molar-refractivity contribution in [3.8, 4) is 18.1 Å². The van der Waals surface area contributed by atoms with Crippen LogP contribution in [0.4, 0.5) is 0 Å². The van der Waals surface area contributed by atoms with E-state index in [9.17, 15) is 13.2 Å². The molecule has 0 saturated carbocycles. The van der Waals surface area contributed by atoms with Gasteiger partial charge in [-0.25, -0.2) is 8.42 Å². The molecule has 0 N–H and O–H groups in total. The second-order valence-corrected chi connectivity index (χ2v) is 10.6. The van der Waals surface area contributed by atoms with Gasteiger partial charge in [0.25, 0.3) is 5.91 Å². The quantitative estimate of drug-likeness (QED) is 0.501. The Balaban J connectivity index is 1.65. The molecule has 2 aromatic carbocycles. The Labute approximate surface area is 197 Å². The van der Waals surface area contributed by atoms with Gasteiger partial charge >= 0.3 is 0 Å². The molecule has 9 heteroatoms. The molecule has 2 heterocycles. The number of ether oxygens (including phenoxy) is 1. The van der Waals surface area contributed by atoms with Crippen LogP contribution in [0.1, 0.15) is 36.5 Å². The van der Waals surface area contributed by atoms with Gasteiger partial charge in [-0.1, -0.05) is 23.7 Å². The van der Waals surface area contributed by atoms with E-state index in [0.29, 0.717) is 30.1 Å². The number of carbonyl (C=O) groups excluding carboxylic acids is 1. The first-order valence-corrected chi connectivity index (χ1v) is 13.1. The summed E-state index contributed by atoms with van der Waals surface area (Å²) < 4.78 is 35.5. The van der Waals surface area contributed by atoms with Crippen LogP contribution in [-0.2, 0) is 16.6 Å². The summed E-state index contributed by atoms with van der Waals surface area (Å²) in [4.78, 5) is 17.8. The van der Waals surface area contributed by atoms with E-state index in [1.54, 1.807) is 0 Å². The van der Waals surface area contributed by atoms with Gasteiger partial charge in [-0.2, -0.15) is 9.30 Å². The van der Waals surface area contributed by atoms with Crippen LogP contribution in [0.2, 0.25) is 0 Å². The first-order valence-electron chi connectivity index (χ1n) is 10.8. The summed E-state index contributed by atoms with van der Waals surface area (Å²) >= 11 is 1.35. The number of carbonyl (C=O) groups is 1. The van der Waals surface area contributed by atoms with Crippen molar-refractivity contribution in [1.82, 2.24) is 8.87 Å². The fraction of sp³-hybridized carbons (Fsp3) is 0.333. The molecule has 1 aliphatic heterocycles. The Morgan fingerprint density at radius 3 is 2.55 bits per heavy atom. The Kier molecular flexibility index (Phi) is 6.98. The van der Waals surface area contributed by atoms with Crippen LogP contribution < -0.4 is 9.54 Å². The minimum Gasteiger partial charge on any atom is -0.494 e. The highest BCUT2D eigenvalue weighted by molar-refractivity contribution is 7.89. The molecule has 7 nitrogen and oxygen atoms in total.